The van der Waals surface area contributed by atoms with Crippen LogP contribution in [-0.2, 0) is 19.1 Å². The van der Waals surface area contributed by atoms with Crippen molar-refractivity contribution in [3.63, 3.8) is 0 Å². The molecule has 11 nitrogen and oxygen atoms in total. The lowest BCUT2D eigenvalue weighted by Crippen LogP contribution is -2.53. The van der Waals surface area contributed by atoms with Gasteiger partial charge in [0.05, 0.1) is 4.92 Å². The molecule has 1 aromatic carbocycles. The van der Waals surface area contributed by atoms with Crippen molar-refractivity contribution in [3.8, 4) is 0 Å². The number of ether oxygens (including phenoxy) is 1. The Morgan fingerprint density at radius 3 is 2.27 bits per heavy atom. The number of carbonyl (C=O) groups is 4. The first-order chi connectivity index (χ1) is 14.1. The molecule has 1 saturated heterocycles. The van der Waals surface area contributed by atoms with E-state index in [4.69, 9.17) is 4.74 Å². The molecule has 0 aliphatic carbocycles. The van der Waals surface area contributed by atoms with Crippen LogP contribution in [0.4, 0.5) is 5.69 Å². The maximum Gasteiger partial charge on any atom is 0.329 e. The summed E-state index contributed by atoms with van der Waals surface area (Å²) in [5.74, 6) is -1.93. The van der Waals surface area contributed by atoms with E-state index in [1.54, 1.807) is 4.90 Å². The smallest absolute Gasteiger partial charge is 0.329 e. The van der Waals surface area contributed by atoms with Crippen molar-refractivity contribution < 1.29 is 28.8 Å². The zero-order valence-electron chi connectivity index (χ0n) is 17.0. The van der Waals surface area contributed by atoms with Crippen LogP contribution in [-0.4, -0.2) is 76.7 Å². The molecule has 0 bridgehead atoms. The fraction of sp³-hybridized carbons (Fsp3) is 0.474. The molecule has 2 atom stereocenters. The Kier molecular flexibility index (Phi) is 7.45. The highest BCUT2D eigenvalue weighted by Gasteiger charge is 2.29. The van der Waals surface area contributed by atoms with Gasteiger partial charge in [-0.05, 0) is 19.9 Å². The van der Waals surface area contributed by atoms with Gasteiger partial charge in [-0.15, -0.1) is 0 Å². The SMILES string of the molecule is CC(=O)N1CCN(C(=O)C(C)OC(=O)[C@H](C)NC(=O)c2cccc([N+](=O)[O-])c2)CC1. The minimum atomic E-state index is -1.07. The molecule has 1 aliphatic rings. The van der Waals surface area contributed by atoms with Crippen molar-refractivity contribution in [1.82, 2.24) is 15.1 Å². The Morgan fingerprint density at radius 1 is 1.10 bits per heavy atom. The Labute approximate surface area is 173 Å². The maximum absolute atomic E-state index is 12.5. The highest BCUT2D eigenvalue weighted by atomic mass is 16.6. The lowest BCUT2D eigenvalue weighted by Gasteiger charge is -2.35. The van der Waals surface area contributed by atoms with Gasteiger partial charge in [0.25, 0.3) is 17.5 Å². The molecule has 1 aliphatic heterocycles. The number of nitrogens with one attached hydrogen (secondary N) is 1. The predicted octanol–water partition coefficient (Wildman–Crippen LogP) is 0.336. The van der Waals surface area contributed by atoms with Gasteiger partial charge in [0.2, 0.25) is 5.91 Å². The van der Waals surface area contributed by atoms with Crippen molar-refractivity contribution in [2.75, 3.05) is 26.2 Å². The largest absolute Gasteiger partial charge is 0.451 e. The van der Waals surface area contributed by atoms with Crippen LogP contribution >= 0.6 is 0 Å². The van der Waals surface area contributed by atoms with E-state index in [9.17, 15) is 29.3 Å². The van der Waals surface area contributed by atoms with Gasteiger partial charge in [-0.3, -0.25) is 24.5 Å². The standard InChI is InChI=1S/C19H24N4O7/c1-12(20-17(25)15-5-4-6-16(11-15)23(28)29)19(27)30-13(2)18(26)22-9-7-21(8-10-22)14(3)24/h4-6,11-13H,7-10H2,1-3H3,(H,20,25)/t12-,13?/m0/s1. The van der Waals surface area contributed by atoms with Crippen molar-refractivity contribution in [2.24, 2.45) is 0 Å². The van der Waals surface area contributed by atoms with Crippen LogP contribution in [0.3, 0.4) is 0 Å². The van der Waals surface area contributed by atoms with E-state index in [-0.39, 0.29) is 23.1 Å². The van der Waals surface area contributed by atoms with E-state index in [1.165, 1.54) is 43.9 Å². The quantitative estimate of drug-likeness (QED) is 0.397. The molecular formula is C19H24N4O7. The summed E-state index contributed by atoms with van der Waals surface area (Å²) >= 11 is 0. The summed E-state index contributed by atoms with van der Waals surface area (Å²) in [5.41, 5.74) is -0.224. The predicted molar refractivity (Wildman–Crippen MR) is 104 cm³/mol. The Hall–Kier alpha value is -3.50. The van der Waals surface area contributed by atoms with E-state index in [0.717, 1.165) is 6.07 Å². The fourth-order valence-electron chi connectivity index (χ4n) is 2.93. The Bertz CT molecular complexity index is 849. The highest BCUT2D eigenvalue weighted by Crippen LogP contribution is 2.13. The molecule has 3 amide bonds. The number of hydrogen-bond donors (Lipinski definition) is 1. The molecular weight excluding hydrogens is 396 g/mol. The van der Waals surface area contributed by atoms with Crippen LogP contribution < -0.4 is 5.32 Å². The van der Waals surface area contributed by atoms with Gasteiger partial charge < -0.3 is 19.9 Å². The summed E-state index contributed by atoms with van der Waals surface area (Å²) in [7, 11) is 0. The number of nitrogens with zero attached hydrogens (tertiary/aromatic N) is 3. The first-order valence-corrected chi connectivity index (χ1v) is 9.40. The van der Waals surface area contributed by atoms with E-state index < -0.39 is 28.9 Å². The molecule has 1 unspecified atom stereocenters. The minimum Gasteiger partial charge on any atom is -0.451 e. The van der Waals surface area contributed by atoms with E-state index in [2.05, 4.69) is 5.32 Å². The van der Waals surface area contributed by atoms with E-state index in [1.807, 2.05) is 0 Å². The molecule has 1 heterocycles. The molecule has 0 saturated carbocycles. The van der Waals surface area contributed by atoms with Crippen LogP contribution in [0, 0.1) is 10.1 Å². The van der Waals surface area contributed by atoms with Gasteiger partial charge in [0.1, 0.15) is 6.04 Å². The third-order valence-electron chi connectivity index (χ3n) is 4.70. The number of rotatable bonds is 6. The van der Waals surface area contributed by atoms with Crippen LogP contribution in [0.1, 0.15) is 31.1 Å². The third kappa shape index (κ3) is 5.75. The third-order valence-corrected chi connectivity index (χ3v) is 4.70. The monoisotopic (exact) mass is 420 g/mol. The van der Waals surface area contributed by atoms with Crippen molar-refractivity contribution in [1.29, 1.82) is 0 Å². The first kappa shape index (κ1) is 22.8. The Morgan fingerprint density at radius 2 is 1.70 bits per heavy atom. The van der Waals surface area contributed by atoms with Gasteiger partial charge in [0, 0.05) is 50.8 Å². The number of piperazine rings is 1. The van der Waals surface area contributed by atoms with Gasteiger partial charge in [-0.2, -0.15) is 0 Å². The molecule has 1 fully saturated rings. The van der Waals surface area contributed by atoms with Gasteiger partial charge in [-0.1, -0.05) is 6.07 Å². The average Bonchev–Trinajstić information content (AvgIpc) is 2.73. The maximum atomic E-state index is 12.5. The van der Waals surface area contributed by atoms with Crippen molar-refractivity contribution in [2.45, 2.75) is 32.9 Å². The Balaban J connectivity index is 1.88. The molecule has 2 rings (SSSR count). The molecule has 0 spiro atoms. The molecule has 0 radical (unpaired) electrons. The number of carbonyl (C=O) groups excluding carboxylic acids is 4. The summed E-state index contributed by atoms with van der Waals surface area (Å²) < 4.78 is 5.17. The topological polar surface area (TPSA) is 139 Å². The second-order valence-corrected chi connectivity index (χ2v) is 6.91. The molecule has 1 N–H and O–H groups in total. The summed E-state index contributed by atoms with van der Waals surface area (Å²) in [4.78, 5) is 61.7. The average molecular weight is 420 g/mol. The minimum absolute atomic E-state index is 0.0244. The molecule has 1 aromatic rings. The number of non-ortho nitro benzene ring substituents is 1. The number of benzene rings is 1. The molecule has 162 valence electrons. The van der Waals surface area contributed by atoms with Crippen molar-refractivity contribution in [3.05, 3.63) is 39.9 Å². The number of esters is 1. The van der Waals surface area contributed by atoms with Crippen LogP contribution in [0.2, 0.25) is 0 Å². The lowest BCUT2D eigenvalue weighted by molar-refractivity contribution is -0.384. The number of nitro benzene ring substituents is 1. The van der Waals surface area contributed by atoms with Crippen molar-refractivity contribution >= 4 is 29.4 Å². The normalized spacial score (nSPS) is 15.7. The second kappa shape index (κ2) is 9.81. The summed E-state index contributed by atoms with van der Waals surface area (Å²) in [5, 5.41) is 13.2. The van der Waals surface area contributed by atoms with Gasteiger partial charge in [0.15, 0.2) is 6.10 Å². The highest BCUT2D eigenvalue weighted by molar-refractivity contribution is 5.97. The first-order valence-electron chi connectivity index (χ1n) is 9.40. The molecule has 0 aromatic heterocycles. The molecule has 11 heteroatoms. The zero-order valence-corrected chi connectivity index (χ0v) is 17.0. The van der Waals surface area contributed by atoms with Crippen LogP contribution in [0.25, 0.3) is 0 Å². The summed E-state index contributed by atoms with van der Waals surface area (Å²) in [6, 6.07) is 4.02. The second-order valence-electron chi connectivity index (χ2n) is 6.91. The zero-order chi connectivity index (χ0) is 22.4. The van der Waals surface area contributed by atoms with Gasteiger partial charge >= 0.3 is 5.97 Å². The number of nitro groups is 1. The van der Waals surface area contributed by atoms with E-state index >= 15 is 0 Å². The summed E-state index contributed by atoms with van der Waals surface area (Å²) in [6.45, 7) is 5.81. The summed E-state index contributed by atoms with van der Waals surface area (Å²) in [6.07, 6.45) is -1.06. The fourth-order valence-corrected chi connectivity index (χ4v) is 2.93. The number of amides is 3. The number of hydrogen-bond acceptors (Lipinski definition) is 7. The molecule has 30 heavy (non-hydrogen) atoms. The van der Waals surface area contributed by atoms with Gasteiger partial charge in [-0.25, -0.2) is 4.79 Å². The van der Waals surface area contributed by atoms with Crippen LogP contribution in [0.15, 0.2) is 24.3 Å². The van der Waals surface area contributed by atoms with E-state index in [0.29, 0.717) is 26.2 Å². The lowest BCUT2D eigenvalue weighted by atomic mass is 10.2. The van der Waals surface area contributed by atoms with Crippen LogP contribution in [0.5, 0.6) is 0 Å².